The molecule has 0 aliphatic heterocycles. The average molecular weight is 198 g/mol. The molecule has 1 N–H and O–H groups in total. The second-order valence-corrected chi connectivity index (χ2v) is 4.80. The van der Waals surface area contributed by atoms with Gasteiger partial charge in [0.1, 0.15) is 5.01 Å². The molecule has 0 aromatic carbocycles. The Morgan fingerprint density at radius 1 is 1.38 bits per heavy atom. The van der Waals surface area contributed by atoms with E-state index in [9.17, 15) is 0 Å². The number of thiazole rings is 1. The molecule has 0 atom stereocenters. The Labute approximate surface area is 84.4 Å². The van der Waals surface area contributed by atoms with Crippen LogP contribution in [0.2, 0.25) is 0 Å². The minimum absolute atomic E-state index is 0.534. The standard InChI is InChI=1S/C10H18N2S/c1-7(2)9-6-13-10(12-9)5-11-8(3)4/h6-8,11H,5H2,1-4H3. The molecule has 1 aromatic rings. The molecule has 1 rings (SSSR count). The van der Waals surface area contributed by atoms with E-state index in [4.69, 9.17) is 0 Å². The van der Waals surface area contributed by atoms with Gasteiger partial charge in [-0.3, -0.25) is 0 Å². The molecule has 0 saturated heterocycles. The Bertz CT molecular complexity index is 253. The van der Waals surface area contributed by atoms with Gasteiger partial charge < -0.3 is 5.32 Å². The molecular formula is C10H18N2S. The van der Waals surface area contributed by atoms with Crippen molar-refractivity contribution in [2.75, 3.05) is 0 Å². The lowest BCUT2D eigenvalue weighted by Gasteiger charge is -2.04. The van der Waals surface area contributed by atoms with Gasteiger partial charge in [0.15, 0.2) is 0 Å². The molecule has 0 unspecified atom stereocenters. The van der Waals surface area contributed by atoms with E-state index in [0.717, 1.165) is 6.54 Å². The Morgan fingerprint density at radius 3 is 2.54 bits per heavy atom. The maximum absolute atomic E-state index is 4.54. The highest BCUT2D eigenvalue weighted by atomic mass is 32.1. The molecular weight excluding hydrogens is 180 g/mol. The van der Waals surface area contributed by atoms with Crippen LogP contribution in [-0.4, -0.2) is 11.0 Å². The monoisotopic (exact) mass is 198 g/mol. The van der Waals surface area contributed by atoms with Gasteiger partial charge in [0.2, 0.25) is 0 Å². The molecule has 0 amide bonds. The van der Waals surface area contributed by atoms with Crippen molar-refractivity contribution >= 4 is 11.3 Å². The van der Waals surface area contributed by atoms with E-state index in [1.165, 1.54) is 10.7 Å². The summed E-state index contributed by atoms with van der Waals surface area (Å²) < 4.78 is 0. The zero-order valence-corrected chi connectivity index (χ0v) is 9.61. The van der Waals surface area contributed by atoms with E-state index in [1.54, 1.807) is 11.3 Å². The normalized spacial score (nSPS) is 11.5. The van der Waals surface area contributed by atoms with Crippen LogP contribution in [-0.2, 0) is 6.54 Å². The zero-order valence-electron chi connectivity index (χ0n) is 8.79. The smallest absolute Gasteiger partial charge is 0.107 e. The summed E-state index contributed by atoms with van der Waals surface area (Å²) in [5, 5.41) is 6.71. The Morgan fingerprint density at radius 2 is 2.08 bits per heavy atom. The van der Waals surface area contributed by atoms with Crippen LogP contribution in [0.15, 0.2) is 5.38 Å². The van der Waals surface area contributed by atoms with Crippen molar-refractivity contribution in [1.82, 2.24) is 10.3 Å². The van der Waals surface area contributed by atoms with Crippen LogP contribution in [0.4, 0.5) is 0 Å². The third-order valence-electron chi connectivity index (χ3n) is 1.82. The maximum atomic E-state index is 4.54. The Hall–Kier alpha value is -0.410. The van der Waals surface area contributed by atoms with Crippen molar-refractivity contribution in [1.29, 1.82) is 0 Å². The van der Waals surface area contributed by atoms with E-state index in [1.807, 2.05) is 0 Å². The van der Waals surface area contributed by atoms with Gasteiger partial charge in [-0.2, -0.15) is 0 Å². The first-order valence-corrected chi connectivity index (χ1v) is 5.65. The third kappa shape index (κ3) is 3.44. The first-order chi connectivity index (χ1) is 6.09. The van der Waals surface area contributed by atoms with Crippen LogP contribution in [0.25, 0.3) is 0 Å². The second kappa shape index (κ2) is 4.72. The molecule has 0 fully saturated rings. The third-order valence-corrected chi connectivity index (χ3v) is 2.69. The van der Waals surface area contributed by atoms with Crippen molar-refractivity contribution in [3.63, 3.8) is 0 Å². The summed E-state index contributed by atoms with van der Waals surface area (Å²) in [4.78, 5) is 4.54. The number of aromatic nitrogens is 1. The van der Waals surface area contributed by atoms with Gasteiger partial charge in [-0.05, 0) is 5.92 Å². The average Bonchev–Trinajstić information content (AvgIpc) is 2.48. The summed E-state index contributed by atoms with van der Waals surface area (Å²) in [6, 6.07) is 0.534. The van der Waals surface area contributed by atoms with E-state index in [-0.39, 0.29) is 0 Å². The van der Waals surface area contributed by atoms with Crippen LogP contribution in [0.5, 0.6) is 0 Å². The van der Waals surface area contributed by atoms with Crippen LogP contribution < -0.4 is 5.32 Å². The molecule has 0 aliphatic rings. The summed E-state index contributed by atoms with van der Waals surface area (Å²) in [7, 11) is 0. The van der Waals surface area contributed by atoms with E-state index in [0.29, 0.717) is 12.0 Å². The molecule has 1 heterocycles. The molecule has 1 aromatic heterocycles. The van der Waals surface area contributed by atoms with Crippen LogP contribution in [0.1, 0.15) is 44.3 Å². The van der Waals surface area contributed by atoms with E-state index in [2.05, 4.69) is 43.4 Å². The number of nitrogens with zero attached hydrogens (tertiary/aromatic N) is 1. The quantitative estimate of drug-likeness (QED) is 0.804. The predicted molar refractivity (Wildman–Crippen MR) is 58.2 cm³/mol. The molecule has 0 saturated carbocycles. The summed E-state index contributed by atoms with van der Waals surface area (Å²) in [5.41, 5.74) is 1.21. The first kappa shape index (κ1) is 10.7. The summed E-state index contributed by atoms with van der Waals surface area (Å²) in [5.74, 6) is 0.545. The summed E-state index contributed by atoms with van der Waals surface area (Å²) in [6.07, 6.45) is 0. The van der Waals surface area contributed by atoms with Gasteiger partial charge >= 0.3 is 0 Å². The van der Waals surface area contributed by atoms with Crippen molar-refractivity contribution < 1.29 is 0 Å². The fraction of sp³-hybridized carbons (Fsp3) is 0.700. The van der Waals surface area contributed by atoms with Gasteiger partial charge in [-0.25, -0.2) is 4.98 Å². The molecule has 0 bridgehead atoms. The molecule has 13 heavy (non-hydrogen) atoms. The highest BCUT2D eigenvalue weighted by Crippen LogP contribution is 2.17. The zero-order chi connectivity index (χ0) is 9.84. The molecule has 0 aliphatic carbocycles. The van der Waals surface area contributed by atoms with Crippen molar-refractivity contribution in [2.24, 2.45) is 0 Å². The van der Waals surface area contributed by atoms with Crippen LogP contribution in [0.3, 0.4) is 0 Å². The largest absolute Gasteiger partial charge is 0.308 e. The lowest BCUT2D eigenvalue weighted by molar-refractivity contribution is 0.586. The van der Waals surface area contributed by atoms with Crippen molar-refractivity contribution in [3.05, 3.63) is 16.1 Å². The highest BCUT2D eigenvalue weighted by molar-refractivity contribution is 7.09. The second-order valence-electron chi connectivity index (χ2n) is 3.86. The van der Waals surface area contributed by atoms with Gasteiger partial charge in [0, 0.05) is 18.0 Å². The minimum Gasteiger partial charge on any atom is -0.308 e. The van der Waals surface area contributed by atoms with E-state index >= 15 is 0 Å². The highest BCUT2D eigenvalue weighted by Gasteiger charge is 2.05. The number of rotatable bonds is 4. The lowest BCUT2D eigenvalue weighted by atomic mass is 10.2. The molecule has 0 spiro atoms. The molecule has 0 radical (unpaired) electrons. The van der Waals surface area contributed by atoms with Crippen LogP contribution in [0, 0.1) is 0 Å². The molecule has 2 nitrogen and oxygen atoms in total. The Kier molecular flexibility index (Phi) is 3.88. The summed E-state index contributed by atoms with van der Waals surface area (Å²) in [6.45, 7) is 9.55. The topological polar surface area (TPSA) is 24.9 Å². The van der Waals surface area contributed by atoms with Gasteiger partial charge in [-0.1, -0.05) is 27.7 Å². The number of nitrogens with one attached hydrogen (secondary N) is 1. The lowest BCUT2D eigenvalue weighted by Crippen LogP contribution is -2.21. The fourth-order valence-corrected chi connectivity index (χ4v) is 1.87. The van der Waals surface area contributed by atoms with E-state index < -0.39 is 0 Å². The van der Waals surface area contributed by atoms with Crippen molar-refractivity contribution in [3.8, 4) is 0 Å². The number of hydrogen-bond acceptors (Lipinski definition) is 3. The molecule has 74 valence electrons. The van der Waals surface area contributed by atoms with Gasteiger partial charge in [0.25, 0.3) is 0 Å². The van der Waals surface area contributed by atoms with Crippen molar-refractivity contribution in [2.45, 2.75) is 46.2 Å². The summed E-state index contributed by atoms with van der Waals surface area (Å²) >= 11 is 1.75. The molecule has 3 heteroatoms. The Balaban J connectivity index is 2.49. The fourth-order valence-electron chi connectivity index (χ4n) is 0.963. The number of hydrogen-bond donors (Lipinski definition) is 1. The van der Waals surface area contributed by atoms with Crippen LogP contribution >= 0.6 is 11.3 Å². The van der Waals surface area contributed by atoms with Gasteiger partial charge in [0.05, 0.1) is 5.69 Å². The predicted octanol–water partition coefficient (Wildman–Crippen LogP) is 2.76. The SMILES string of the molecule is CC(C)NCc1nc(C(C)C)cs1. The first-order valence-electron chi connectivity index (χ1n) is 4.77. The minimum atomic E-state index is 0.534. The van der Waals surface area contributed by atoms with Gasteiger partial charge in [-0.15, -0.1) is 11.3 Å². The maximum Gasteiger partial charge on any atom is 0.107 e.